The molecule has 1 unspecified atom stereocenters. The molecule has 2 amide bonds. The summed E-state index contributed by atoms with van der Waals surface area (Å²) in [4.78, 5) is 16.6. The quantitative estimate of drug-likeness (QED) is 0.710. The molecular formula is C7H10N4OS. The molecule has 5 nitrogen and oxygen atoms in total. The molecule has 1 fully saturated rings. The van der Waals surface area contributed by atoms with Crippen LogP contribution >= 0.6 is 11.5 Å². The minimum absolute atomic E-state index is 0.333. The molecule has 0 bridgehead atoms. The van der Waals surface area contributed by atoms with Crippen molar-refractivity contribution in [2.45, 2.75) is 12.3 Å². The summed E-state index contributed by atoms with van der Waals surface area (Å²) in [5, 5.41) is 1.00. The number of carbonyl (C=O) groups excluding carboxylic acids is 1. The Balaban J connectivity index is 2.03. The van der Waals surface area contributed by atoms with E-state index >= 15 is 0 Å². The van der Waals surface area contributed by atoms with Crippen LogP contribution in [0.1, 0.15) is 17.3 Å². The molecule has 70 valence electrons. The van der Waals surface area contributed by atoms with E-state index in [1.54, 1.807) is 11.2 Å². The van der Waals surface area contributed by atoms with Crippen molar-refractivity contribution in [1.82, 2.24) is 14.3 Å². The zero-order chi connectivity index (χ0) is 9.26. The van der Waals surface area contributed by atoms with E-state index in [-0.39, 0.29) is 6.03 Å². The fourth-order valence-electron chi connectivity index (χ4n) is 1.52. The van der Waals surface area contributed by atoms with Crippen LogP contribution in [0.3, 0.4) is 0 Å². The van der Waals surface area contributed by atoms with Gasteiger partial charge in [-0.3, -0.25) is 0 Å². The van der Waals surface area contributed by atoms with Crippen LogP contribution in [0.15, 0.2) is 6.33 Å². The summed E-state index contributed by atoms with van der Waals surface area (Å²) < 4.78 is 3.93. The zero-order valence-corrected chi connectivity index (χ0v) is 7.83. The van der Waals surface area contributed by atoms with Gasteiger partial charge in [0.2, 0.25) is 0 Å². The summed E-state index contributed by atoms with van der Waals surface area (Å²) in [7, 11) is 0. The number of primary amides is 1. The van der Waals surface area contributed by atoms with Gasteiger partial charge in [0.15, 0.2) is 0 Å². The van der Waals surface area contributed by atoms with Gasteiger partial charge in [0.05, 0.1) is 0 Å². The van der Waals surface area contributed by atoms with Crippen LogP contribution in [-0.4, -0.2) is 33.4 Å². The van der Waals surface area contributed by atoms with Crippen LogP contribution in [0.25, 0.3) is 0 Å². The normalized spacial score (nSPS) is 22.2. The second-order valence-corrected chi connectivity index (χ2v) is 3.86. The first kappa shape index (κ1) is 8.43. The monoisotopic (exact) mass is 198 g/mol. The van der Waals surface area contributed by atoms with Crippen molar-refractivity contribution >= 4 is 17.6 Å². The van der Waals surface area contributed by atoms with Crippen molar-refractivity contribution in [2.75, 3.05) is 13.1 Å². The van der Waals surface area contributed by atoms with Gasteiger partial charge in [-0.05, 0) is 18.0 Å². The lowest BCUT2D eigenvalue weighted by Gasteiger charge is -2.11. The van der Waals surface area contributed by atoms with E-state index in [1.807, 2.05) is 0 Å². The number of hydrogen-bond acceptors (Lipinski definition) is 4. The van der Waals surface area contributed by atoms with E-state index in [1.165, 1.54) is 11.5 Å². The molecule has 1 aliphatic rings. The zero-order valence-electron chi connectivity index (χ0n) is 7.01. The van der Waals surface area contributed by atoms with Crippen LogP contribution in [0, 0.1) is 0 Å². The summed E-state index contributed by atoms with van der Waals surface area (Å²) >= 11 is 1.39. The fraction of sp³-hybridized carbons (Fsp3) is 0.571. The minimum atomic E-state index is -0.341. The Kier molecular flexibility index (Phi) is 2.13. The Morgan fingerprint density at radius 3 is 3.15 bits per heavy atom. The predicted molar refractivity (Wildman–Crippen MR) is 48.4 cm³/mol. The molecule has 2 N–H and O–H groups in total. The Labute approximate surface area is 79.7 Å². The molecule has 0 spiro atoms. The van der Waals surface area contributed by atoms with Crippen molar-refractivity contribution in [3.8, 4) is 0 Å². The SMILES string of the molecule is NC(=O)N1CCC(c2ncns2)C1. The number of urea groups is 1. The number of carbonyl (C=O) groups is 1. The van der Waals surface area contributed by atoms with E-state index < -0.39 is 0 Å². The van der Waals surface area contributed by atoms with Crippen molar-refractivity contribution in [2.24, 2.45) is 5.73 Å². The summed E-state index contributed by atoms with van der Waals surface area (Å²) in [6, 6.07) is -0.341. The molecule has 0 aromatic carbocycles. The molecule has 2 rings (SSSR count). The highest BCUT2D eigenvalue weighted by Gasteiger charge is 2.27. The molecule has 1 atom stereocenters. The van der Waals surface area contributed by atoms with E-state index in [0.717, 1.165) is 18.0 Å². The standard InChI is InChI=1S/C7H10N4OS/c8-7(12)11-2-1-5(3-11)6-9-4-10-13-6/h4-5H,1-3H2,(H2,8,12). The highest BCUT2D eigenvalue weighted by atomic mass is 32.1. The average Bonchev–Trinajstić information content (AvgIpc) is 2.75. The Hall–Kier alpha value is -1.17. The molecule has 6 heteroatoms. The Bertz CT molecular complexity index is 299. The summed E-state index contributed by atoms with van der Waals surface area (Å²) in [5.74, 6) is 0.333. The van der Waals surface area contributed by atoms with Gasteiger partial charge in [0.1, 0.15) is 11.3 Å². The second kappa shape index (κ2) is 3.29. The maximum atomic E-state index is 10.8. The Morgan fingerprint density at radius 1 is 1.77 bits per heavy atom. The summed E-state index contributed by atoms with van der Waals surface area (Å²) in [5.41, 5.74) is 5.17. The molecule has 0 saturated carbocycles. The maximum Gasteiger partial charge on any atom is 0.314 e. The van der Waals surface area contributed by atoms with E-state index in [2.05, 4.69) is 9.36 Å². The molecule has 0 aliphatic carbocycles. The van der Waals surface area contributed by atoms with Crippen LogP contribution in [0.4, 0.5) is 4.79 Å². The van der Waals surface area contributed by atoms with E-state index in [4.69, 9.17) is 5.73 Å². The average molecular weight is 198 g/mol. The molecule has 1 aromatic heterocycles. The first-order valence-electron chi connectivity index (χ1n) is 4.08. The second-order valence-electron chi connectivity index (χ2n) is 3.05. The third-order valence-corrected chi connectivity index (χ3v) is 3.05. The highest BCUT2D eigenvalue weighted by Crippen LogP contribution is 2.26. The predicted octanol–water partition coefficient (Wildman–Crippen LogP) is 0.406. The van der Waals surface area contributed by atoms with E-state index in [0.29, 0.717) is 12.5 Å². The maximum absolute atomic E-state index is 10.8. The lowest BCUT2D eigenvalue weighted by molar-refractivity contribution is 0.218. The van der Waals surface area contributed by atoms with Gasteiger partial charge in [-0.2, -0.15) is 4.37 Å². The largest absolute Gasteiger partial charge is 0.351 e. The molecule has 1 saturated heterocycles. The number of hydrogen-bond donors (Lipinski definition) is 1. The van der Waals surface area contributed by atoms with Crippen molar-refractivity contribution in [3.05, 3.63) is 11.3 Å². The van der Waals surface area contributed by atoms with Crippen LogP contribution in [0.2, 0.25) is 0 Å². The van der Waals surface area contributed by atoms with Gasteiger partial charge in [0, 0.05) is 19.0 Å². The third kappa shape index (κ3) is 1.62. The van der Waals surface area contributed by atoms with Crippen LogP contribution < -0.4 is 5.73 Å². The van der Waals surface area contributed by atoms with Gasteiger partial charge in [0.25, 0.3) is 0 Å². The number of likely N-dealkylation sites (tertiary alicyclic amines) is 1. The van der Waals surface area contributed by atoms with Crippen molar-refractivity contribution in [3.63, 3.8) is 0 Å². The molecule has 2 heterocycles. The third-order valence-electron chi connectivity index (χ3n) is 2.23. The first-order valence-corrected chi connectivity index (χ1v) is 4.85. The van der Waals surface area contributed by atoms with Gasteiger partial charge in [-0.25, -0.2) is 9.78 Å². The number of amides is 2. The van der Waals surface area contributed by atoms with Gasteiger partial charge >= 0.3 is 6.03 Å². The first-order chi connectivity index (χ1) is 6.27. The fourth-order valence-corrected chi connectivity index (χ4v) is 2.16. The number of nitrogens with zero attached hydrogens (tertiary/aromatic N) is 3. The smallest absolute Gasteiger partial charge is 0.314 e. The van der Waals surface area contributed by atoms with Gasteiger partial charge in [-0.15, -0.1) is 0 Å². The number of rotatable bonds is 1. The van der Waals surface area contributed by atoms with E-state index in [9.17, 15) is 4.79 Å². The summed E-state index contributed by atoms with van der Waals surface area (Å²) in [6.45, 7) is 1.42. The molecule has 1 aromatic rings. The topological polar surface area (TPSA) is 72.1 Å². The lowest BCUT2D eigenvalue weighted by atomic mass is 10.1. The van der Waals surface area contributed by atoms with Crippen molar-refractivity contribution in [1.29, 1.82) is 0 Å². The van der Waals surface area contributed by atoms with Crippen LogP contribution in [-0.2, 0) is 0 Å². The molecular weight excluding hydrogens is 188 g/mol. The highest BCUT2D eigenvalue weighted by molar-refractivity contribution is 7.05. The molecule has 13 heavy (non-hydrogen) atoms. The molecule has 1 aliphatic heterocycles. The minimum Gasteiger partial charge on any atom is -0.351 e. The van der Waals surface area contributed by atoms with Crippen LogP contribution in [0.5, 0.6) is 0 Å². The summed E-state index contributed by atoms with van der Waals surface area (Å²) in [6.07, 6.45) is 2.49. The van der Waals surface area contributed by atoms with Crippen molar-refractivity contribution < 1.29 is 4.79 Å². The number of aromatic nitrogens is 2. The lowest BCUT2D eigenvalue weighted by Crippen LogP contribution is -2.33. The Morgan fingerprint density at radius 2 is 2.62 bits per heavy atom. The van der Waals surface area contributed by atoms with Gasteiger partial charge in [-0.1, -0.05) is 0 Å². The number of nitrogens with two attached hydrogens (primary N) is 1. The van der Waals surface area contributed by atoms with Gasteiger partial charge < -0.3 is 10.6 Å². The molecule has 0 radical (unpaired) electrons.